The van der Waals surface area contributed by atoms with Crippen LogP contribution in [0.1, 0.15) is 0 Å². The van der Waals surface area contributed by atoms with Gasteiger partial charge in [-0.05, 0) is 53.6 Å². The summed E-state index contributed by atoms with van der Waals surface area (Å²) in [7, 11) is 0. The molecule has 0 fully saturated rings. The number of fused-ring (bicyclic) bond motifs is 6. The Morgan fingerprint density at radius 2 is 1.18 bits per heavy atom. The van der Waals surface area contributed by atoms with Crippen LogP contribution >= 0.6 is 15.9 Å². The van der Waals surface area contributed by atoms with Gasteiger partial charge < -0.3 is 4.42 Å². The highest BCUT2D eigenvalue weighted by molar-refractivity contribution is 9.10. The van der Waals surface area contributed by atoms with E-state index in [1.54, 1.807) is 0 Å². The largest absolute Gasteiger partial charge is 0.456 e. The Kier molecular flexibility index (Phi) is 5.93. The van der Waals surface area contributed by atoms with E-state index in [1.165, 1.54) is 10.8 Å². The molecule has 212 valence electrons. The van der Waals surface area contributed by atoms with Gasteiger partial charge in [0.25, 0.3) is 0 Å². The fraction of sp³-hybridized carbons (Fsp3) is 0. The topological polar surface area (TPSA) is 43.9 Å². The first-order valence-corrected chi connectivity index (χ1v) is 15.7. The number of benzene rings is 6. The van der Waals surface area contributed by atoms with Gasteiger partial charge in [0.2, 0.25) is 0 Å². The number of halogens is 1. The van der Waals surface area contributed by atoms with E-state index in [9.17, 15) is 0 Å². The summed E-state index contributed by atoms with van der Waals surface area (Å²) in [5.41, 5.74) is 9.15. The van der Waals surface area contributed by atoms with Crippen molar-refractivity contribution in [3.05, 3.63) is 150 Å². The first-order valence-electron chi connectivity index (χ1n) is 14.9. The number of nitrogens with zero attached hydrogens (tertiary/aromatic N) is 3. The molecule has 4 nitrogen and oxygen atoms in total. The molecule has 3 aromatic heterocycles. The molecule has 0 radical (unpaired) electrons. The van der Waals surface area contributed by atoms with Crippen molar-refractivity contribution in [1.82, 2.24) is 14.5 Å². The van der Waals surface area contributed by atoms with Crippen molar-refractivity contribution in [2.45, 2.75) is 0 Å². The highest BCUT2D eigenvalue weighted by Gasteiger charge is 2.18. The van der Waals surface area contributed by atoms with Crippen molar-refractivity contribution < 1.29 is 4.42 Å². The molecule has 0 saturated carbocycles. The second kappa shape index (κ2) is 10.3. The summed E-state index contributed by atoms with van der Waals surface area (Å²) in [4.78, 5) is 10.2. The van der Waals surface area contributed by atoms with Crippen LogP contribution < -0.4 is 0 Å². The Hall–Kier alpha value is -5.52. The van der Waals surface area contributed by atoms with Crippen molar-refractivity contribution in [3.8, 4) is 39.6 Å². The fourth-order valence-corrected chi connectivity index (χ4v) is 6.95. The van der Waals surface area contributed by atoms with Crippen molar-refractivity contribution in [3.63, 3.8) is 0 Å². The molecule has 9 rings (SSSR count). The summed E-state index contributed by atoms with van der Waals surface area (Å²) < 4.78 is 9.44. The zero-order chi connectivity index (χ0) is 29.9. The minimum Gasteiger partial charge on any atom is -0.456 e. The lowest BCUT2D eigenvalue weighted by molar-refractivity contribution is 0.669. The average molecular weight is 643 g/mol. The fourth-order valence-electron chi connectivity index (χ4n) is 6.38. The van der Waals surface area contributed by atoms with Crippen LogP contribution in [-0.4, -0.2) is 14.5 Å². The lowest BCUT2D eigenvalue weighted by atomic mass is 10.0. The lowest BCUT2D eigenvalue weighted by Crippen LogP contribution is -2.02. The second-order valence-electron chi connectivity index (χ2n) is 11.2. The molecule has 3 heterocycles. The molecule has 0 aliphatic carbocycles. The molecule has 0 saturated heterocycles. The van der Waals surface area contributed by atoms with Crippen LogP contribution in [0.4, 0.5) is 0 Å². The highest BCUT2D eigenvalue weighted by Crippen LogP contribution is 2.39. The minimum atomic E-state index is 0.696. The molecule has 0 aliphatic rings. The maximum absolute atomic E-state index is 6.14. The standard InChI is InChI=1S/C40H24BrN3O/c41-32-15-9-17-37-39(32)31-23-28(19-21-36(31)45-37)27-18-20-35-30(22-27)29-14-7-8-16-34(29)44(35)38-24-33(25-10-3-1-4-11-25)42-40(43-38)26-12-5-2-6-13-26/h1-24H. The van der Waals surface area contributed by atoms with Crippen molar-refractivity contribution in [2.24, 2.45) is 0 Å². The molecule has 0 bridgehead atoms. The molecule has 0 unspecified atom stereocenters. The van der Waals surface area contributed by atoms with Crippen molar-refractivity contribution in [2.75, 3.05) is 0 Å². The molecule has 0 amide bonds. The van der Waals surface area contributed by atoms with Gasteiger partial charge in [-0.2, -0.15) is 0 Å². The Balaban J connectivity index is 1.27. The van der Waals surface area contributed by atoms with E-state index in [2.05, 4.69) is 118 Å². The molecule has 0 aliphatic heterocycles. The summed E-state index contributed by atoms with van der Waals surface area (Å²) in [5, 5.41) is 4.54. The van der Waals surface area contributed by atoms with E-state index in [-0.39, 0.29) is 0 Å². The molecule has 0 spiro atoms. The lowest BCUT2D eigenvalue weighted by Gasteiger charge is -2.12. The Bertz CT molecular complexity index is 2490. The van der Waals surface area contributed by atoms with Crippen LogP contribution in [-0.2, 0) is 0 Å². The first-order chi connectivity index (χ1) is 22.2. The zero-order valence-corrected chi connectivity index (χ0v) is 25.6. The van der Waals surface area contributed by atoms with Crippen molar-refractivity contribution in [1.29, 1.82) is 0 Å². The summed E-state index contributed by atoms with van der Waals surface area (Å²) in [6.07, 6.45) is 0. The predicted molar refractivity (Wildman–Crippen MR) is 188 cm³/mol. The molecular formula is C40H24BrN3O. The maximum Gasteiger partial charge on any atom is 0.162 e. The van der Waals surface area contributed by atoms with Crippen LogP contribution in [0.3, 0.4) is 0 Å². The number of aromatic nitrogens is 3. The van der Waals surface area contributed by atoms with E-state index >= 15 is 0 Å². The zero-order valence-electron chi connectivity index (χ0n) is 24.0. The Morgan fingerprint density at radius 1 is 0.489 bits per heavy atom. The van der Waals surface area contributed by atoms with Gasteiger partial charge in [0, 0.05) is 43.2 Å². The Labute approximate surface area is 267 Å². The van der Waals surface area contributed by atoms with E-state index in [1.807, 2.05) is 48.5 Å². The molecule has 5 heteroatoms. The monoisotopic (exact) mass is 641 g/mol. The normalized spacial score (nSPS) is 11.7. The molecule has 0 atom stereocenters. The van der Waals surface area contributed by atoms with Gasteiger partial charge in [-0.25, -0.2) is 9.97 Å². The third-order valence-corrected chi connectivity index (χ3v) is 9.15. The summed E-state index contributed by atoms with van der Waals surface area (Å²) >= 11 is 3.73. The first kappa shape index (κ1) is 25.9. The number of para-hydroxylation sites is 1. The van der Waals surface area contributed by atoms with Gasteiger partial charge in [-0.15, -0.1) is 0 Å². The van der Waals surface area contributed by atoms with Crippen LogP contribution in [0.2, 0.25) is 0 Å². The summed E-state index contributed by atoms with van der Waals surface area (Å²) in [5.74, 6) is 1.53. The van der Waals surface area contributed by atoms with Gasteiger partial charge in [-0.3, -0.25) is 4.57 Å². The molecule has 0 N–H and O–H groups in total. The molecular weight excluding hydrogens is 618 g/mol. The van der Waals surface area contributed by atoms with E-state index in [4.69, 9.17) is 14.4 Å². The summed E-state index contributed by atoms with van der Waals surface area (Å²) in [6, 6.07) is 50.4. The van der Waals surface area contributed by atoms with Gasteiger partial charge in [0.1, 0.15) is 17.0 Å². The van der Waals surface area contributed by atoms with Crippen LogP contribution in [0.25, 0.3) is 83.3 Å². The SMILES string of the molecule is Brc1cccc2oc3ccc(-c4ccc5c(c4)c4ccccc4n5-c4cc(-c5ccccc5)nc(-c5ccccc5)n4)cc3c12. The van der Waals surface area contributed by atoms with Crippen LogP contribution in [0.15, 0.2) is 154 Å². The summed E-state index contributed by atoms with van der Waals surface area (Å²) in [6.45, 7) is 0. The van der Waals surface area contributed by atoms with Gasteiger partial charge in [0.05, 0.1) is 16.7 Å². The average Bonchev–Trinajstić information content (AvgIpc) is 3.64. The van der Waals surface area contributed by atoms with Gasteiger partial charge in [-0.1, -0.05) is 113 Å². The third kappa shape index (κ3) is 4.27. The Morgan fingerprint density at radius 3 is 2.00 bits per heavy atom. The van der Waals surface area contributed by atoms with E-state index in [0.717, 1.165) is 71.2 Å². The van der Waals surface area contributed by atoms with Crippen LogP contribution in [0, 0.1) is 0 Å². The maximum atomic E-state index is 6.14. The van der Waals surface area contributed by atoms with E-state index in [0.29, 0.717) is 5.82 Å². The highest BCUT2D eigenvalue weighted by atomic mass is 79.9. The number of rotatable bonds is 4. The van der Waals surface area contributed by atoms with Crippen molar-refractivity contribution >= 4 is 59.7 Å². The number of hydrogen-bond donors (Lipinski definition) is 0. The molecule has 9 aromatic rings. The number of hydrogen-bond acceptors (Lipinski definition) is 3. The van der Waals surface area contributed by atoms with Gasteiger partial charge >= 0.3 is 0 Å². The predicted octanol–water partition coefficient (Wildman–Crippen LogP) is 11.2. The minimum absolute atomic E-state index is 0.696. The quantitative estimate of drug-likeness (QED) is 0.192. The molecule has 6 aromatic carbocycles. The smallest absolute Gasteiger partial charge is 0.162 e. The van der Waals surface area contributed by atoms with Gasteiger partial charge in [0.15, 0.2) is 5.82 Å². The second-order valence-corrected chi connectivity index (χ2v) is 12.0. The molecule has 45 heavy (non-hydrogen) atoms. The van der Waals surface area contributed by atoms with Crippen LogP contribution in [0.5, 0.6) is 0 Å². The third-order valence-electron chi connectivity index (χ3n) is 8.49. The van der Waals surface area contributed by atoms with E-state index < -0.39 is 0 Å². The number of furan rings is 1.